The van der Waals surface area contributed by atoms with Gasteiger partial charge >= 0.3 is 5.97 Å². The van der Waals surface area contributed by atoms with Crippen molar-refractivity contribution in [1.29, 1.82) is 0 Å². The molecule has 6 atom stereocenters. The molecule has 0 aromatic heterocycles. The van der Waals surface area contributed by atoms with Crippen molar-refractivity contribution in [3.63, 3.8) is 0 Å². The van der Waals surface area contributed by atoms with E-state index in [0.717, 1.165) is 0 Å². The molecule has 0 spiro atoms. The average Bonchev–Trinajstić information content (AvgIpc) is 2.83. The fraction of sp³-hybridized carbons (Fsp3) is 0.545. The quantitative estimate of drug-likeness (QED) is 0.125. The smallest absolute Gasteiger partial charge is 0.364 e. The molecule has 1 fully saturated rings. The molecule has 34 heavy (non-hydrogen) atoms. The Kier molecular flexibility index (Phi) is 10.2. The number of benzene rings is 1. The summed E-state index contributed by atoms with van der Waals surface area (Å²) in [6.07, 6.45) is -1.54. The molecule has 2 rings (SSSR count). The Morgan fingerprint density at radius 1 is 1.32 bits per heavy atom. The average molecular weight is 482 g/mol. The first-order valence-corrected chi connectivity index (χ1v) is 10.5. The number of nitrogens with one attached hydrogen (secondary N) is 1. The van der Waals surface area contributed by atoms with Crippen LogP contribution < -0.4 is 15.8 Å². The van der Waals surface area contributed by atoms with Gasteiger partial charge in [0, 0.05) is 19.4 Å². The molecule has 1 heterocycles. The lowest BCUT2D eigenvalue weighted by Crippen LogP contribution is -2.68. The number of nitrogens with two attached hydrogens (primary N) is 1. The van der Waals surface area contributed by atoms with E-state index in [-0.39, 0.29) is 6.61 Å². The molecule has 0 radical (unpaired) electrons. The minimum absolute atomic E-state index is 0.250. The Balaban J connectivity index is 2.21. The van der Waals surface area contributed by atoms with Gasteiger partial charge in [0.25, 0.3) is 5.79 Å². The first-order chi connectivity index (χ1) is 16.2. The van der Waals surface area contributed by atoms with E-state index in [4.69, 9.17) is 31.5 Å². The minimum atomic E-state index is -2.41. The van der Waals surface area contributed by atoms with Crippen LogP contribution in [0.2, 0.25) is 0 Å². The molecule has 12 nitrogen and oxygen atoms in total. The number of ether oxygens (including phenoxy) is 3. The maximum Gasteiger partial charge on any atom is 0.364 e. The molecule has 8 N–H and O–H groups in total. The third-order valence-corrected chi connectivity index (χ3v) is 5.25. The summed E-state index contributed by atoms with van der Waals surface area (Å²) in [5.74, 6) is -1.90. The highest BCUT2D eigenvalue weighted by Gasteiger charge is 2.55. The number of aliphatic hydroxyl groups is 4. The predicted molar refractivity (Wildman–Crippen MR) is 116 cm³/mol. The Labute approximate surface area is 196 Å². The zero-order chi connectivity index (χ0) is 25.3. The van der Waals surface area contributed by atoms with Crippen LogP contribution >= 0.6 is 0 Å². The van der Waals surface area contributed by atoms with Crippen LogP contribution in [0.25, 0.3) is 0 Å². The summed E-state index contributed by atoms with van der Waals surface area (Å²) in [5, 5.41) is 52.2. The van der Waals surface area contributed by atoms with Gasteiger partial charge in [-0.25, -0.2) is 4.79 Å². The molecule has 0 saturated carbocycles. The molecule has 1 aromatic rings. The molecule has 1 aromatic carbocycles. The van der Waals surface area contributed by atoms with E-state index < -0.39 is 67.7 Å². The highest BCUT2D eigenvalue weighted by Crippen LogP contribution is 2.34. The second-order valence-corrected chi connectivity index (χ2v) is 7.69. The van der Waals surface area contributed by atoms with E-state index in [2.05, 4.69) is 11.2 Å². The summed E-state index contributed by atoms with van der Waals surface area (Å²) in [7, 11) is 0. The number of aliphatic carboxylic acids is 1. The summed E-state index contributed by atoms with van der Waals surface area (Å²) in [4.78, 5) is 23.8. The number of terminal acetylenes is 1. The molecule has 1 aliphatic rings. The zero-order valence-electron chi connectivity index (χ0n) is 18.4. The normalized spacial score (nSPS) is 26.2. The van der Waals surface area contributed by atoms with Crippen molar-refractivity contribution < 1.29 is 49.3 Å². The van der Waals surface area contributed by atoms with Gasteiger partial charge < -0.3 is 50.8 Å². The van der Waals surface area contributed by atoms with E-state index >= 15 is 0 Å². The van der Waals surface area contributed by atoms with Gasteiger partial charge in [-0.15, -0.1) is 12.3 Å². The molecule has 12 heteroatoms. The molecule has 188 valence electrons. The Bertz CT molecular complexity index is 858. The number of rotatable bonds is 12. The van der Waals surface area contributed by atoms with E-state index in [9.17, 15) is 30.0 Å². The van der Waals surface area contributed by atoms with Crippen LogP contribution in [0.3, 0.4) is 0 Å². The van der Waals surface area contributed by atoms with Crippen LogP contribution in [-0.4, -0.2) is 93.4 Å². The molecule has 1 aliphatic heterocycles. The summed E-state index contributed by atoms with van der Waals surface area (Å²) in [6.45, 7) is -1.24. The fourth-order valence-corrected chi connectivity index (χ4v) is 3.41. The lowest BCUT2D eigenvalue weighted by molar-refractivity contribution is -0.314. The molecule has 1 amide bonds. The molecular weight excluding hydrogens is 452 g/mol. The molecule has 1 saturated heterocycles. The van der Waals surface area contributed by atoms with E-state index in [1.54, 1.807) is 24.3 Å². The third-order valence-electron chi connectivity index (χ3n) is 5.25. The van der Waals surface area contributed by atoms with Crippen LogP contribution in [0.4, 0.5) is 0 Å². The number of carbonyl (C=O) groups is 2. The minimum Gasteiger partial charge on any atom is -0.493 e. The monoisotopic (exact) mass is 482 g/mol. The van der Waals surface area contributed by atoms with Gasteiger partial charge in [0.05, 0.1) is 31.5 Å². The zero-order valence-corrected chi connectivity index (χ0v) is 18.4. The topological polar surface area (TPSA) is 201 Å². The number of hydrogen-bond acceptors (Lipinski definition) is 10. The van der Waals surface area contributed by atoms with Crippen molar-refractivity contribution in [3.8, 4) is 18.1 Å². The molecular formula is C22H30N2O10. The van der Waals surface area contributed by atoms with Gasteiger partial charge in [-0.1, -0.05) is 12.1 Å². The summed E-state index contributed by atoms with van der Waals surface area (Å²) in [5.41, 5.74) is 5.93. The van der Waals surface area contributed by atoms with Crippen molar-refractivity contribution in [2.24, 2.45) is 5.73 Å². The third kappa shape index (κ3) is 6.87. The maximum atomic E-state index is 12.1. The van der Waals surface area contributed by atoms with Crippen LogP contribution in [0.1, 0.15) is 18.4 Å². The van der Waals surface area contributed by atoms with Gasteiger partial charge in [0.2, 0.25) is 5.91 Å². The van der Waals surface area contributed by atoms with Gasteiger partial charge in [-0.05, 0) is 17.7 Å². The second-order valence-electron chi connectivity index (χ2n) is 7.69. The van der Waals surface area contributed by atoms with Crippen LogP contribution in [-0.2, 0) is 25.7 Å². The predicted octanol–water partition coefficient (Wildman–Crippen LogP) is -2.31. The van der Waals surface area contributed by atoms with Crippen molar-refractivity contribution >= 4 is 11.9 Å². The Morgan fingerprint density at radius 3 is 2.56 bits per heavy atom. The number of hydrogen-bond donors (Lipinski definition) is 7. The van der Waals surface area contributed by atoms with E-state index in [1.165, 1.54) is 0 Å². The number of amides is 1. The molecule has 0 bridgehead atoms. The first kappa shape index (κ1) is 27.5. The Morgan fingerprint density at radius 2 is 2.00 bits per heavy atom. The van der Waals surface area contributed by atoms with Crippen LogP contribution in [0, 0.1) is 12.3 Å². The summed E-state index contributed by atoms with van der Waals surface area (Å²) in [6, 6.07) is 5.20. The van der Waals surface area contributed by atoms with Gasteiger partial charge in [0.15, 0.2) is 0 Å². The van der Waals surface area contributed by atoms with Crippen LogP contribution in [0.15, 0.2) is 24.3 Å². The van der Waals surface area contributed by atoms with Crippen molar-refractivity contribution in [3.05, 3.63) is 29.8 Å². The standard InChI is InChI=1S/C22H30N2O10/c1-2-3-8-32-14-6-4-13(5-7-14)12-33-22(21(30)31)9-15(26)18(24-17(28)11-25)20(34-22)19(29)16(27)10-23/h1,4-7,15-16,18-20,25-27,29H,3,8-12,23H2,(H,24,28)(H,30,31)/t15-,16+,18+,19+,20+,22+/m0/s1. The van der Waals surface area contributed by atoms with Crippen molar-refractivity contribution in [1.82, 2.24) is 5.32 Å². The lowest BCUT2D eigenvalue weighted by Gasteiger charge is -2.46. The summed E-state index contributed by atoms with van der Waals surface area (Å²) < 4.78 is 16.6. The molecule has 0 unspecified atom stereocenters. The first-order valence-electron chi connectivity index (χ1n) is 10.5. The highest BCUT2D eigenvalue weighted by atomic mass is 16.7. The fourth-order valence-electron chi connectivity index (χ4n) is 3.41. The van der Waals surface area contributed by atoms with Crippen molar-refractivity contribution in [2.75, 3.05) is 19.8 Å². The van der Waals surface area contributed by atoms with E-state index in [0.29, 0.717) is 24.3 Å². The van der Waals surface area contributed by atoms with Gasteiger partial charge in [0.1, 0.15) is 24.6 Å². The number of carboxylic acids is 1. The lowest BCUT2D eigenvalue weighted by atomic mass is 9.88. The SMILES string of the molecule is C#CCCOc1ccc(CO[C@]2(C(=O)O)C[C@H](O)[C@@H](NC(=O)CO)[C@H]([C@H](O)[C@H](O)CN)O2)cc1. The maximum absolute atomic E-state index is 12.1. The Hall–Kier alpha value is -2.76. The van der Waals surface area contributed by atoms with Crippen LogP contribution in [0.5, 0.6) is 5.75 Å². The van der Waals surface area contributed by atoms with Crippen molar-refractivity contribution in [2.45, 2.75) is 55.7 Å². The molecule has 0 aliphatic carbocycles. The summed E-state index contributed by atoms with van der Waals surface area (Å²) >= 11 is 0. The second kappa shape index (κ2) is 12.6. The number of aliphatic hydroxyl groups excluding tert-OH is 4. The van der Waals surface area contributed by atoms with Gasteiger partial charge in [-0.3, -0.25) is 4.79 Å². The number of carbonyl (C=O) groups excluding carboxylic acids is 1. The largest absolute Gasteiger partial charge is 0.493 e. The number of carboxylic acid groups (broad SMARTS) is 1. The van der Waals surface area contributed by atoms with E-state index in [1.807, 2.05) is 0 Å². The van der Waals surface area contributed by atoms with Gasteiger partial charge in [-0.2, -0.15) is 0 Å². The highest BCUT2D eigenvalue weighted by molar-refractivity contribution is 5.78.